The molecule has 12 heteroatoms. The van der Waals surface area contributed by atoms with Crippen molar-refractivity contribution in [2.45, 2.75) is 37.5 Å². The summed E-state index contributed by atoms with van der Waals surface area (Å²) in [6.45, 7) is 3.76. The molecule has 8 nitrogen and oxygen atoms in total. The van der Waals surface area contributed by atoms with Gasteiger partial charge < -0.3 is 19.9 Å². The molecule has 1 aliphatic rings. The van der Waals surface area contributed by atoms with Gasteiger partial charge in [0.1, 0.15) is 5.82 Å². The van der Waals surface area contributed by atoms with Gasteiger partial charge in [-0.3, -0.25) is 9.67 Å². The Labute approximate surface area is 196 Å². The number of rotatable bonds is 6. The molecule has 1 saturated heterocycles. The molecule has 0 aliphatic carbocycles. The number of aliphatic hydroxyl groups is 1. The number of aliphatic imine (C=N–C) groups is 1. The minimum absolute atomic E-state index is 0. The molecule has 0 spiro atoms. The Morgan fingerprint density at radius 1 is 1.35 bits per heavy atom. The number of likely N-dealkylation sites (tertiary alicyclic amines) is 1. The molecule has 2 N–H and O–H groups in total. The number of nitrogens with one attached hydrogen (secondary N) is 1. The standard InChI is InChI=1S/C19H28F3N7O.HI/c1-4-23-17(29-9-5-14(13-29)15-11-26-28(3)12-15)25-7-6-18(30,19(20,21)22)16-24-8-10-27(16)2;/h8,10-12,14,30H,4-7,9,13H2,1-3H3,(H,23,25);1H. The Bertz CT molecular complexity index is 882. The van der Waals surface area contributed by atoms with Crippen LogP contribution in [0.25, 0.3) is 0 Å². The molecule has 1 aliphatic heterocycles. The Kier molecular flexibility index (Phi) is 8.36. The van der Waals surface area contributed by atoms with Crippen molar-refractivity contribution >= 4 is 29.9 Å². The Hall–Kier alpha value is -1.83. The van der Waals surface area contributed by atoms with Gasteiger partial charge in [-0.1, -0.05) is 0 Å². The zero-order chi connectivity index (χ0) is 21.9. The van der Waals surface area contributed by atoms with Crippen LogP contribution in [-0.4, -0.2) is 67.7 Å². The highest BCUT2D eigenvalue weighted by atomic mass is 127. The van der Waals surface area contributed by atoms with E-state index < -0.39 is 24.0 Å². The maximum atomic E-state index is 13.7. The lowest BCUT2D eigenvalue weighted by molar-refractivity contribution is -0.272. The Morgan fingerprint density at radius 3 is 2.65 bits per heavy atom. The number of imidazole rings is 1. The molecule has 0 aromatic carbocycles. The summed E-state index contributed by atoms with van der Waals surface area (Å²) in [7, 11) is 3.29. The van der Waals surface area contributed by atoms with E-state index in [9.17, 15) is 18.3 Å². The fraction of sp³-hybridized carbons (Fsp3) is 0.632. The van der Waals surface area contributed by atoms with Gasteiger partial charge in [0.2, 0.25) is 5.60 Å². The third kappa shape index (κ3) is 5.51. The van der Waals surface area contributed by atoms with E-state index in [0.29, 0.717) is 25.0 Å². The molecule has 2 unspecified atom stereocenters. The van der Waals surface area contributed by atoms with Crippen molar-refractivity contribution in [2.24, 2.45) is 19.1 Å². The van der Waals surface area contributed by atoms with Gasteiger partial charge in [0.05, 0.1) is 6.20 Å². The van der Waals surface area contributed by atoms with E-state index in [1.54, 1.807) is 4.68 Å². The first-order valence-corrected chi connectivity index (χ1v) is 9.94. The Morgan fingerprint density at radius 2 is 2.10 bits per heavy atom. The minimum atomic E-state index is -4.86. The molecule has 0 bridgehead atoms. The molecule has 3 rings (SSSR count). The molecule has 3 heterocycles. The van der Waals surface area contributed by atoms with Crippen molar-refractivity contribution in [3.05, 3.63) is 36.2 Å². The second kappa shape index (κ2) is 10.2. The van der Waals surface area contributed by atoms with Crippen LogP contribution in [0.5, 0.6) is 0 Å². The van der Waals surface area contributed by atoms with E-state index in [1.807, 2.05) is 31.3 Å². The number of alkyl halides is 3. The minimum Gasteiger partial charge on any atom is -0.374 e. The lowest BCUT2D eigenvalue weighted by Gasteiger charge is -2.29. The van der Waals surface area contributed by atoms with Crippen molar-refractivity contribution in [1.82, 2.24) is 29.5 Å². The van der Waals surface area contributed by atoms with Gasteiger partial charge in [-0.25, -0.2) is 4.98 Å². The quantitative estimate of drug-likeness (QED) is 0.325. The summed E-state index contributed by atoms with van der Waals surface area (Å²) in [5.74, 6) is 0.406. The number of aromatic nitrogens is 4. The van der Waals surface area contributed by atoms with E-state index in [-0.39, 0.29) is 30.5 Å². The molecule has 2 atom stereocenters. The smallest absolute Gasteiger partial charge is 0.374 e. The van der Waals surface area contributed by atoms with Crippen LogP contribution in [0.3, 0.4) is 0 Å². The lowest BCUT2D eigenvalue weighted by Crippen LogP contribution is -2.45. The summed E-state index contributed by atoms with van der Waals surface area (Å²) in [5, 5.41) is 17.8. The monoisotopic (exact) mass is 555 g/mol. The number of aryl methyl sites for hydroxylation is 2. The predicted octanol–water partition coefficient (Wildman–Crippen LogP) is 2.37. The van der Waals surface area contributed by atoms with Crippen LogP contribution < -0.4 is 5.32 Å². The molecular weight excluding hydrogens is 526 g/mol. The van der Waals surface area contributed by atoms with Gasteiger partial charge in [0.15, 0.2) is 5.96 Å². The molecule has 0 radical (unpaired) electrons. The number of hydrogen-bond acceptors (Lipinski definition) is 4. The number of nitrogens with zero attached hydrogens (tertiary/aromatic N) is 6. The topological polar surface area (TPSA) is 83.5 Å². The van der Waals surface area contributed by atoms with E-state index in [1.165, 1.54) is 24.0 Å². The molecule has 31 heavy (non-hydrogen) atoms. The molecule has 1 fully saturated rings. The molecule has 174 valence electrons. The first-order chi connectivity index (χ1) is 14.2. The average molecular weight is 555 g/mol. The molecule has 2 aromatic heterocycles. The van der Waals surface area contributed by atoms with Crippen LogP contribution in [-0.2, 0) is 19.7 Å². The summed E-state index contributed by atoms with van der Waals surface area (Å²) in [6, 6.07) is 0. The third-order valence-electron chi connectivity index (χ3n) is 5.41. The second-order valence-corrected chi connectivity index (χ2v) is 7.58. The summed E-state index contributed by atoms with van der Waals surface area (Å²) < 4.78 is 44.0. The summed E-state index contributed by atoms with van der Waals surface area (Å²) in [6.07, 6.45) is 1.87. The summed E-state index contributed by atoms with van der Waals surface area (Å²) in [5.41, 5.74) is -1.92. The van der Waals surface area contributed by atoms with Crippen LogP contribution in [0.4, 0.5) is 13.2 Å². The van der Waals surface area contributed by atoms with Crippen LogP contribution in [0.2, 0.25) is 0 Å². The van der Waals surface area contributed by atoms with Crippen molar-refractivity contribution in [1.29, 1.82) is 0 Å². The summed E-state index contributed by atoms with van der Waals surface area (Å²) in [4.78, 5) is 10.1. The van der Waals surface area contributed by atoms with Crippen LogP contribution in [0.1, 0.15) is 37.1 Å². The van der Waals surface area contributed by atoms with Gasteiger partial charge in [-0.05, 0) is 18.9 Å². The van der Waals surface area contributed by atoms with Gasteiger partial charge in [-0.2, -0.15) is 18.3 Å². The number of guanidine groups is 1. The van der Waals surface area contributed by atoms with E-state index >= 15 is 0 Å². The van der Waals surface area contributed by atoms with E-state index in [2.05, 4.69) is 20.4 Å². The molecular formula is C19H29F3IN7O. The van der Waals surface area contributed by atoms with Gasteiger partial charge in [0.25, 0.3) is 0 Å². The van der Waals surface area contributed by atoms with E-state index in [4.69, 9.17) is 0 Å². The average Bonchev–Trinajstić information content (AvgIpc) is 3.40. The highest BCUT2D eigenvalue weighted by Gasteiger charge is 2.57. The maximum Gasteiger partial charge on any atom is 0.424 e. The van der Waals surface area contributed by atoms with Crippen molar-refractivity contribution in [2.75, 3.05) is 26.2 Å². The highest BCUT2D eigenvalue weighted by Crippen LogP contribution is 2.40. The molecule has 0 amide bonds. The first-order valence-electron chi connectivity index (χ1n) is 9.94. The zero-order valence-corrected chi connectivity index (χ0v) is 20.1. The van der Waals surface area contributed by atoms with Crippen LogP contribution in [0, 0.1) is 0 Å². The largest absolute Gasteiger partial charge is 0.424 e. The van der Waals surface area contributed by atoms with Crippen LogP contribution in [0.15, 0.2) is 29.8 Å². The second-order valence-electron chi connectivity index (χ2n) is 7.58. The lowest BCUT2D eigenvalue weighted by atomic mass is 9.98. The SMILES string of the molecule is CCNC(=NCCC(O)(c1nccn1C)C(F)(F)F)N1CCC(c2cnn(C)c2)C1.I. The van der Waals surface area contributed by atoms with Gasteiger partial charge in [0, 0.05) is 71.2 Å². The zero-order valence-electron chi connectivity index (χ0n) is 17.8. The van der Waals surface area contributed by atoms with E-state index in [0.717, 1.165) is 18.5 Å². The van der Waals surface area contributed by atoms with Crippen molar-refractivity contribution < 1.29 is 18.3 Å². The summed E-state index contributed by atoms with van der Waals surface area (Å²) >= 11 is 0. The van der Waals surface area contributed by atoms with Crippen LogP contribution >= 0.6 is 24.0 Å². The predicted molar refractivity (Wildman–Crippen MR) is 121 cm³/mol. The van der Waals surface area contributed by atoms with Gasteiger partial charge in [-0.15, -0.1) is 24.0 Å². The Balaban J connectivity index is 0.00000341. The normalized spacial score (nSPS) is 19.3. The number of hydrogen-bond donors (Lipinski definition) is 2. The highest BCUT2D eigenvalue weighted by molar-refractivity contribution is 14.0. The first kappa shape index (κ1) is 25.4. The molecule has 0 saturated carbocycles. The fourth-order valence-electron chi connectivity index (χ4n) is 3.77. The van der Waals surface area contributed by atoms with Gasteiger partial charge >= 0.3 is 6.18 Å². The molecule has 2 aromatic rings. The third-order valence-corrected chi connectivity index (χ3v) is 5.41. The number of halogens is 4. The maximum absolute atomic E-state index is 13.7. The fourth-order valence-corrected chi connectivity index (χ4v) is 3.77. The van der Waals surface area contributed by atoms with Crippen molar-refractivity contribution in [3.63, 3.8) is 0 Å². The van der Waals surface area contributed by atoms with Crippen molar-refractivity contribution in [3.8, 4) is 0 Å².